The summed E-state index contributed by atoms with van der Waals surface area (Å²) < 4.78 is 23.3. The second-order valence-corrected chi connectivity index (χ2v) is 11.1. The van der Waals surface area contributed by atoms with Crippen LogP contribution < -0.4 is 20.7 Å². The van der Waals surface area contributed by atoms with Gasteiger partial charge in [0.05, 0.1) is 21.8 Å². The van der Waals surface area contributed by atoms with Crippen LogP contribution in [-0.2, 0) is 0 Å². The molecule has 2 aromatic heterocycles. The van der Waals surface area contributed by atoms with Crippen molar-refractivity contribution in [2.24, 2.45) is 0 Å². The summed E-state index contributed by atoms with van der Waals surface area (Å²) in [6.45, 7) is 4.71. The van der Waals surface area contributed by atoms with Crippen molar-refractivity contribution in [2.45, 2.75) is 25.3 Å². The fraction of sp³-hybridized carbons (Fsp3) is 0.423. The molecule has 0 spiro atoms. The zero-order valence-corrected chi connectivity index (χ0v) is 22.2. The van der Waals surface area contributed by atoms with E-state index in [0.29, 0.717) is 40.1 Å². The highest BCUT2D eigenvalue weighted by molar-refractivity contribution is 7.22. The number of nitrogens with one attached hydrogen (secondary N) is 1. The van der Waals surface area contributed by atoms with E-state index in [9.17, 15) is 0 Å². The molecule has 8 nitrogen and oxygen atoms in total. The van der Waals surface area contributed by atoms with Gasteiger partial charge >= 0.3 is 6.01 Å². The monoisotopic (exact) mass is 541 g/mol. The summed E-state index contributed by atoms with van der Waals surface area (Å²) in [7, 11) is 2.14. The van der Waals surface area contributed by atoms with E-state index in [1.165, 1.54) is 17.8 Å². The van der Waals surface area contributed by atoms with Crippen LogP contribution in [0.3, 0.4) is 0 Å². The lowest BCUT2D eigenvalue weighted by molar-refractivity contribution is 0.223. The smallest absolute Gasteiger partial charge is 0.319 e. The maximum Gasteiger partial charge on any atom is 0.319 e. The molecule has 0 bridgehead atoms. The zero-order valence-electron chi connectivity index (χ0n) is 20.6. The number of para-hydroxylation sites is 1. The molecule has 0 aliphatic carbocycles. The highest BCUT2D eigenvalue weighted by atomic mass is 35.5. The number of fused-ring (bicyclic) bond motifs is 2. The third-order valence-corrected chi connectivity index (χ3v) is 8.47. The fourth-order valence-corrected chi connectivity index (χ4v) is 6.44. The van der Waals surface area contributed by atoms with Crippen LogP contribution >= 0.6 is 22.9 Å². The third-order valence-electron chi connectivity index (χ3n) is 7.32. The van der Waals surface area contributed by atoms with E-state index in [0.717, 1.165) is 50.3 Å². The summed E-state index contributed by atoms with van der Waals surface area (Å²) in [5, 5.41) is 4.62. The Balaban J connectivity index is 1.45. The summed E-state index contributed by atoms with van der Waals surface area (Å²) in [6.07, 6.45) is 3.24. The lowest BCUT2D eigenvalue weighted by Crippen LogP contribution is -2.44. The zero-order chi connectivity index (χ0) is 25.5. The Morgan fingerprint density at radius 1 is 1.19 bits per heavy atom. The molecule has 1 atom stereocenters. The lowest BCUT2D eigenvalue weighted by atomic mass is 10.0. The Kier molecular flexibility index (Phi) is 6.74. The SMILES string of the molecule is CN1CCC[C@H]1CCOc1nc(N2CCNCC2)c2cc(Cl)c(-c3cccc4sc(N)nc34)c(F)c2n1. The van der Waals surface area contributed by atoms with Gasteiger partial charge in [-0.1, -0.05) is 35.1 Å². The molecule has 2 aliphatic rings. The van der Waals surface area contributed by atoms with Crippen molar-refractivity contribution in [3.8, 4) is 17.1 Å². The Hall–Kier alpha value is -2.79. The van der Waals surface area contributed by atoms with Crippen LogP contribution in [-0.4, -0.2) is 72.3 Å². The number of piperazine rings is 1. The van der Waals surface area contributed by atoms with E-state index in [1.54, 1.807) is 6.07 Å². The first-order valence-electron chi connectivity index (χ1n) is 12.6. The lowest BCUT2D eigenvalue weighted by Gasteiger charge is -2.29. The van der Waals surface area contributed by atoms with Crippen molar-refractivity contribution in [2.75, 3.05) is 57.0 Å². The highest BCUT2D eigenvalue weighted by Crippen LogP contribution is 2.42. The van der Waals surface area contributed by atoms with Crippen LogP contribution in [0.25, 0.3) is 32.2 Å². The van der Waals surface area contributed by atoms with Gasteiger partial charge in [-0.15, -0.1) is 0 Å². The predicted octanol–water partition coefficient (Wildman–Crippen LogP) is 4.55. The minimum Gasteiger partial charge on any atom is -0.463 e. The van der Waals surface area contributed by atoms with Crippen molar-refractivity contribution in [1.29, 1.82) is 0 Å². The average Bonchev–Trinajstić information content (AvgIpc) is 3.49. The second-order valence-electron chi connectivity index (χ2n) is 9.63. The Morgan fingerprint density at radius 3 is 2.81 bits per heavy atom. The number of halogens is 2. The van der Waals surface area contributed by atoms with Gasteiger partial charge in [-0.3, -0.25) is 0 Å². The predicted molar refractivity (Wildman–Crippen MR) is 148 cm³/mol. The number of hydrogen-bond donors (Lipinski definition) is 2. The summed E-state index contributed by atoms with van der Waals surface area (Å²) in [4.78, 5) is 18.2. The number of ether oxygens (including phenoxy) is 1. The molecule has 2 aromatic carbocycles. The maximum absolute atomic E-state index is 16.4. The summed E-state index contributed by atoms with van der Waals surface area (Å²) in [5.41, 5.74) is 7.62. The van der Waals surface area contributed by atoms with E-state index in [1.807, 2.05) is 18.2 Å². The van der Waals surface area contributed by atoms with Gasteiger partial charge in [0.2, 0.25) is 0 Å². The molecule has 0 amide bonds. The second kappa shape index (κ2) is 10.2. The molecule has 194 valence electrons. The van der Waals surface area contributed by atoms with Gasteiger partial charge in [0.25, 0.3) is 0 Å². The molecule has 37 heavy (non-hydrogen) atoms. The van der Waals surface area contributed by atoms with Crippen molar-refractivity contribution in [1.82, 2.24) is 25.2 Å². The number of hydrogen-bond acceptors (Lipinski definition) is 9. The molecule has 0 unspecified atom stereocenters. The van der Waals surface area contributed by atoms with E-state index in [2.05, 4.69) is 32.1 Å². The molecule has 2 saturated heterocycles. The van der Waals surface area contributed by atoms with Gasteiger partial charge in [-0.25, -0.2) is 9.37 Å². The van der Waals surface area contributed by atoms with Gasteiger partial charge < -0.3 is 25.6 Å². The number of thiazole rings is 1. The Labute approximate surface area is 223 Å². The van der Waals surface area contributed by atoms with E-state index < -0.39 is 5.82 Å². The molecule has 0 saturated carbocycles. The minimum absolute atomic E-state index is 0.185. The Morgan fingerprint density at radius 2 is 2.03 bits per heavy atom. The molecule has 2 aliphatic heterocycles. The molecule has 4 heterocycles. The number of aromatic nitrogens is 3. The van der Waals surface area contributed by atoms with Crippen molar-refractivity contribution in [3.63, 3.8) is 0 Å². The molecule has 2 fully saturated rings. The first kappa shape index (κ1) is 24.5. The number of rotatable bonds is 6. The molecular formula is C26H29ClFN7OS. The largest absolute Gasteiger partial charge is 0.463 e. The van der Waals surface area contributed by atoms with Gasteiger partial charge in [-0.05, 0) is 45.0 Å². The minimum atomic E-state index is -0.513. The number of likely N-dealkylation sites (tertiary alicyclic amines) is 1. The van der Waals surface area contributed by atoms with Crippen molar-refractivity contribution in [3.05, 3.63) is 35.1 Å². The molecule has 4 aromatic rings. The first-order chi connectivity index (χ1) is 18.0. The van der Waals surface area contributed by atoms with Gasteiger partial charge in [0.15, 0.2) is 10.9 Å². The summed E-state index contributed by atoms with van der Waals surface area (Å²) in [6, 6.07) is 8.02. The number of anilines is 2. The average molecular weight is 542 g/mol. The maximum atomic E-state index is 16.4. The fourth-order valence-electron chi connectivity index (χ4n) is 5.39. The van der Waals surface area contributed by atoms with Crippen LogP contribution in [0.2, 0.25) is 5.02 Å². The molecule has 6 rings (SSSR count). The van der Waals surface area contributed by atoms with Gasteiger partial charge in [0.1, 0.15) is 11.3 Å². The highest BCUT2D eigenvalue weighted by Gasteiger charge is 2.25. The Bertz CT molecular complexity index is 1460. The third kappa shape index (κ3) is 4.67. The van der Waals surface area contributed by atoms with E-state index in [-0.39, 0.29) is 22.1 Å². The topological polar surface area (TPSA) is 92.4 Å². The number of benzene rings is 2. The van der Waals surface area contributed by atoms with Crippen LogP contribution in [0.15, 0.2) is 24.3 Å². The number of nitrogens with two attached hydrogens (primary N) is 1. The normalized spacial score (nSPS) is 18.8. The molecule has 11 heteroatoms. The van der Waals surface area contributed by atoms with Crippen LogP contribution in [0, 0.1) is 5.82 Å². The molecule has 0 radical (unpaired) electrons. The standard InChI is InChI=1S/C26H29ClFN7OS/c1-34-10-3-4-15(34)7-13-36-26-32-23-17(24(33-26)35-11-8-30-9-12-35)14-18(27)20(21(23)28)16-5-2-6-19-22(16)31-25(29)37-19/h2,5-6,14-15,30H,3-4,7-13H2,1H3,(H2,29,31)/t15-/m0/s1. The molecular weight excluding hydrogens is 513 g/mol. The first-order valence-corrected chi connectivity index (χ1v) is 13.8. The summed E-state index contributed by atoms with van der Waals surface area (Å²) in [5.74, 6) is 0.128. The van der Waals surface area contributed by atoms with E-state index in [4.69, 9.17) is 27.1 Å². The molecule has 3 N–H and O–H groups in total. The number of nitrogen functional groups attached to an aromatic ring is 1. The summed E-state index contributed by atoms with van der Waals surface area (Å²) >= 11 is 8.11. The van der Waals surface area contributed by atoms with Gasteiger partial charge in [0, 0.05) is 48.7 Å². The van der Waals surface area contributed by atoms with Crippen molar-refractivity contribution < 1.29 is 9.13 Å². The quantitative estimate of drug-likeness (QED) is 0.367. The van der Waals surface area contributed by atoms with Gasteiger partial charge in [-0.2, -0.15) is 9.97 Å². The van der Waals surface area contributed by atoms with Crippen molar-refractivity contribution >= 4 is 55.0 Å². The number of nitrogens with zero attached hydrogens (tertiary/aromatic N) is 5. The van der Waals surface area contributed by atoms with E-state index >= 15 is 4.39 Å². The van der Waals surface area contributed by atoms with Crippen LogP contribution in [0.4, 0.5) is 15.3 Å². The van der Waals surface area contributed by atoms with Crippen LogP contribution in [0.5, 0.6) is 6.01 Å². The van der Waals surface area contributed by atoms with Crippen LogP contribution in [0.1, 0.15) is 19.3 Å².